The van der Waals surface area contributed by atoms with E-state index in [0.29, 0.717) is 18.4 Å². The van der Waals surface area contributed by atoms with Gasteiger partial charge in [-0.2, -0.15) is 5.10 Å². The van der Waals surface area contributed by atoms with Gasteiger partial charge in [0.15, 0.2) is 5.96 Å². The predicted molar refractivity (Wildman–Crippen MR) is 109 cm³/mol. The number of hydrogen-bond acceptors (Lipinski definition) is 2. The maximum Gasteiger partial charge on any atom is 0.191 e. The SMILES string of the molecule is CC1CCCN(C(N)=NCCc2cnn(-c3ccccc3)c2)C1.I. The lowest BCUT2D eigenvalue weighted by Crippen LogP contribution is -2.43. The van der Waals surface area contributed by atoms with Crippen LogP contribution in [0.4, 0.5) is 0 Å². The summed E-state index contributed by atoms with van der Waals surface area (Å²) < 4.78 is 1.90. The third-order valence-corrected chi connectivity index (χ3v) is 4.31. The van der Waals surface area contributed by atoms with Crippen molar-refractivity contribution in [3.63, 3.8) is 0 Å². The molecule has 2 N–H and O–H groups in total. The third kappa shape index (κ3) is 4.96. The van der Waals surface area contributed by atoms with E-state index in [9.17, 15) is 0 Å². The summed E-state index contributed by atoms with van der Waals surface area (Å²) in [6.45, 7) is 5.04. The molecule has 0 spiro atoms. The maximum atomic E-state index is 6.13. The first-order chi connectivity index (χ1) is 11.2. The minimum Gasteiger partial charge on any atom is -0.370 e. The molecule has 1 aliphatic heterocycles. The number of piperidine rings is 1. The van der Waals surface area contributed by atoms with Gasteiger partial charge in [-0.15, -0.1) is 24.0 Å². The van der Waals surface area contributed by atoms with Gasteiger partial charge in [0.05, 0.1) is 11.9 Å². The minimum atomic E-state index is 0. The number of para-hydroxylation sites is 1. The van der Waals surface area contributed by atoms with Crippen LogP contribution in [-0.2, 0) is 6.42 Å². The zero-order valence-electron chi connectivity index (χ0n) is 14.1. The monoisotopic (exact) mass is 439 g/mol. The van der Waals surface area contributed by atoms with Crippen LogP contribution in [-0.4, -0.2) is 40.3 Å². The number of halogens is 1. The van der Waals surface area contributed by atoms with Crippen molar-refractivity contribution in [2.24, 2.45) is 16.6 Å². The average molecular weight is 439 g/mol. The molecule has 0 radical (unpaired) electrons. The normalized spacial score (nSPS) is 18.3. The highest BCUT2D eigenvalue weighted by atomic mass is 127. The summed E-state index contributed by atoms with van der Waals surface area (Å²) in [5.74, 6) is 1.40. The van der Waals surface area contributed by atoms with Crippen LogP contribution in [0.25, 0.3) is 5.69 Å². The second-order valence-electron chi connectivity index (χ2n) is 6.31. The van der Waals surface area contributed by atoms with Gasteiger partial charge in [-0.05, 0) is 42.9 Å². The van der Waals surface area contributed by atoms with E-state index < -0.39 is 0 Å². The summed E-state index contributed by atoms with van der Waals surface area (Å²) >= 11 is 0. The summed E-state index contributed by atoms with van der Waals surface area (Å²) in [6.07, 6.45) is 7.33. The number of aromatic nitrogens is 2. The molecule has 1 aliphatic rings. The lowest BCUT2D eigenvalue weighted by Gasteiger charge is -2.31. The van der Waals surface area contributed by atoms with Crippen molar-refractivity contribution in [3.05, 3.63) is 48.3 Å². The molecule has 0 amide bonds. The van der Waals surface area contributed by atoms with Crippen molar-refractivity contribution in [2.45, 2.75) is 26.2 Å². The zero-order chi connectivity index (χ0) is 16.1. The Morgan fingerprint density at radius 3 is 2.88 bits per heavy atom. The molecule has 1 unspecified atom stereocenters. The summed E-state index contributed by atoms with van der Waals surface area (Å²) in [6, 6.07) is 10.1. The largest absolute Gasteiger partial charge is 0.370 e. The van der Waals surface area contributed by atoms with Crippen molar-refractivity contribution < 1.29 is 0 Å². The fourth-order valence-corrected chi connectivity index (χ4v) is 3.01. The number of aliphatic imine (C=N–C) groups is 1. The van der Waals surface area contributed by atoms with E-state index in [1.165, 1.54) is 18.4 Å². The van der Waals surface area contributed by atoms with Crippen molar-refractivity contribution in [3.8, 4) is 5.69 Å². The molecule has 3 rings (SSSR count). The van der Waals surface area contributed by atoms with E-state index in [1.807, 2.05) is 41.2 Å². The molecule has 6 heteroatoms. The van der Waals surface area contributed by atoms with Gasteiger partial charge in [-0.25, -0.2) is 4.68 Å². The number of benzene rings is 1. The molecule has 1 aromatic heterocycles. The second kappa shape index (κ2) is 9.05. The van der Waals surface area contributed by atoms with Gasteiger partial charge in [0.25, 0.3) is 0 Å². The van der Waals surface area contributed by atoms with Crippen LogP contribution < -0.4 is 5.73 Å². The van der Waals surface area contributed by atoms with E-state index >= 15 is 0 Å². The molecule has 2 aromatic rings. The summed E-state index contributed by atoms with van der Waals surface area (Å²) in [5.41, 5.74) is 8.38. The molecule has 0 aliphatic carbocycles. The number of nitrogens with two attached hydrogens (primary N) is 1. The van der Waals surface area contributed by atoms with Gasteiger partial charge in [-0.1, -0.05) is 25.1 Å². The third-order valence-electron chi connectivity index (χ3n) is 4.31. The Morgan fingerprint density at radius 2 is 2.12 bits per heavy atom. The molecule has 1 atom stereocenters. The highest BCUT2D eigenvalue weighted by Crippen LogP contribution is 2.15. The molecule has 1 aromatic carbocycles. The predicted octanol–water partition coefficient (Wildman–Crippen LogP) is 3.08. The summed E-state index contributed by atoms with van der Waals surface area (Å²) in [7, 11) is 0. The fraction of sp³-hybridized carbons (Fsp3) is 0.444. The molecule has 2 heterocycles. The van der Waals surface area contributed by atoms with Gasteiger partial charge < -0.3 is 10.6 Å². The standard InChI is InChI=1S/C18H25N5.HI/c1-15-6-5-11-22(13-15)18(19)20-10-9-16-12-21-23(14-16)17-7-3-2-4-8-17;/h2-4,7-8,12,14-15H,5-6,9-11,13H2,1H3,(H2,19,20);1H. The van der Waals surface area contributed by atoms with Crippen molar-refractivity contribution in [1.82, 2.24) is 14.7 Å². The lowest BCUT2D eigenvalue weighted by molar-refractivity contribution is 0.270. The van der Waals surface area contributed by atoms with E-state index in [1.54, 1.807) is 0 Å². The molecule has 1 fully saturated rings. The molecule has 130 valence electrons. The summed E-state index contributed by atoms with van der Waals surface area (Å²) in [5, 5.41) is 4.41. The molecule has 1 saturated heterocycles. The highest BCUT2D eigenvalue weighted by Gasteiger charge is 2.17. The second-order valence-corrected chi connectivity index (χ2v) is 6.31. The Hall–Kier alpha value is -1.57. The Balaban J connectivity index is 0.00000208. The first-order valence-corrected chi connectivity index (χ1v) is 8.36. The van der Waals surface area contributed by atoms with E-state index in [4.69, 9.17) is 5.73 Å². The number of rotatable bonds is 4. The lowest BCUT2D eigenvalue weighted by atomic mass is 10.0. The Kier molecular flexibility index (Phi) is 7.08. The van der Waals surface area contributed by atoms with Crippen LogP contribution in [0.3, 0.4) is 0 Å². The zero-order valence-corrected chi connectivity index (χ0v) is 16.5. The number of nitrogens with zero attached hydrogens (tertiary/aromatic N) is 4. The highest BCUT2D eigenvalue weighted by molar-refractivity contribution is 14.0. The van der Waals surface area contributed by atoms with Gasteiger partial charge in [-0.3, -0.25) is 4.99 Å². The molecule has 0 saturated carbocycles. The molecule has 5 nitrogen and oxygen atoms in total. The smallest absolute Gasteiger partial charge is 0.191 e. The van der Waals surface area contributed by atoms with Crippen molar-refractivity contribution in [1.29, 1.82) is 0 Å². The maximum absolute atomic E-state index is 6.13. The van der Waals surface area contributed by atoms with Crippen LogP contribution in [0.15, 0.2) is 47.7 Å². The van der Waals surface area contributed by atoms with E-state index in [2.05, 4.69) is 28.1 Å². The Labute approximate surface area is 161 Å². The Morgan fingerprint density at radius 1 is 1.33 bits per heavy atom. The molecular formula is C18H26IN5. The van der Waals surface area contributed by atoms with Crippen LogP contribution in [0.5, 0.6) is 0 Å². The first-order valence-electron chi connectivity index (χ1n) is 8.36. The number of likely N-dealkylation sites (tertiary alicyclic amines) is 1. The van der Waals surface area contributed by atoms with Crippen LogP contribution >= 0.6 is 24.0 Å². The first kappa shape index (κ1) is 18.8. The number of hydrogen-bond donors (Lipinski definition) is 1. The quantitative estimate of drug-likeness (QED) is 0.453. The van der Waals surface area contributed by atoms with Crippen molar-refractivity contribution in [2.75, 3.05) is 19.6 Å². The van der Waals surface area contributed by atoms with E-state index in [0.717, 1.165) is 25.2 Å². The van der Waals surface area contributed by atoms with Crippen LogP contribution in [0.2, 0.25) is 0 Å². The van der Waals surface area contributed by atoms with Gasteiger partial charge in [0, 0.05) is 25.8 Å². The molecular weight excluding hydrogens is 413 g/mol. The van der Waals surface area contributed by atoms with Gasteiger partial charge in [0.1, 0.15) is 0 Å². The topological polar surface area (TPSA) is 59.4 Å². The van der Waals surface area contributed by atoms with Gasteiger partial charge >= 0.3 is 0 Å². The fourth-order valence-electron chi connectivity index (χ4n) is 3.01. The molecule has 24 heavy (non-hydrogen) atoms. The minimum absolute atomic E-state index is 0. The Bertz CT molecular complexity index is 652. The van der Waals surface area contributed by atoms with E-state index in [-0.39, 0.29) is 24.0 Å². The number of guanidine groups is 1. The van der Waals surface area contributed by atoms with Gasteiger partial charge in [0.2, 0.25) is 0 Å². The van der Waals surface area contributed by atoms with Crippen LogP contribution in [0.1, 0.15) is 25.3 Å². The summed E-state index contributed by atoms with van der Waals surface area (Å²) in [4.78, 5) is 6.75. The average Bonchev–Trinajstić information content (AvgIpc) is 3.04. The molecule has 0 bridgehead atoms. The van der Waals surface area contributed by atoms with Crippen molar-refractivity contribution >= 4 is 29.9 Å². The van der Waals surface area contributed by atoms with Crippen LogP contribution in [0, 0.1) is 5.92 Å².